The van der Waals surface area contributed by atoms with Crippen LogP contribution in [0.25, 0.3) is 5.52 Å². The number of hydrogen-bond donors (Lipinski definition) is 2. The number of nitrogens with zero attached hydrogens (tertiary/aromatic N) is 2. The van der Waals surface area contributed by atoms with E-state index in [9.17, 15) is 0 Å². The first-order chi connectivity index (χ1) is 6.31. The predicted molar refractivity (Wildman–Crippen MR) is 50.4 cm³/mol. The zero-order valence-corrected chi connectivity index (χ0v) is 7.14. The van der Waals surface area contributed by atoms with Crippen LogP contribution >= 0.6 is 0 Å². The molecular weight excluding hydrogens is 166 g/mol. The lowest BCUT2D eigenvalue weighted by Gasteiger charge is -1.99. The van der Waals surface area contributed by atoms with Crippen molar-refractivity contribution in [2.75, 3.05) is 12.3 Å². The van der Waals surface area contributed by atoms with Gasteiger partial charge in [0.25, 0.3) is 0 Å². The van der Waals surface area contributed by atoms with Crippen LogP contribution in [0.2, 0.25) is 0 Å². The summed E-state index contributed by atoms with van der Waals surface area (Å²) in [5.74, 6) is 0.859. The minimum absolute atomic E-state index is 0.115. The molecule has 2 heterocycles. The SMILES string of the molecule is Nc1ccn2c(CCO)ncc2c1. The summed E-state index contributed by atoms with van der Waals surface area (Å²) in [5.41, 5.74) is 7.30. The van der Waals surface area contributed by atoms with Crippen molar-refractivity contribution in [3.63, 3.8) is 0 Å². The highest BCUT2D eigenvalue weighted by Crippen LogP contribution is 2.10. The summed E-state index contributed by atoms with van der Waals surface area (Å²) >= 11 is 0. The summed E-state index contributed by atoms with van der Waals surface area (Å²) < 4.78 is 1.92. The van der Waals surface area contributed by atoms with Gasteiger partial charge in [0, 0.05) is 18.3 Å². The smallest absolute Gasteiger partial charge is 0.115 e. The third-order valence-electron chi connectivity index (χ3n) is 1.97. The van der Waals surface area contributed by atoms with Gasteiger partial charge in [-0.25, -0.2) is 4.98 Å². The number of aliphatic hydroxyl groups excluding tert-OH is 1. The van der Waals surface area contributed by atoms with Gasteiger partial charge in [-0.05, 0) is 12.1 Å². The second-order valence-corrected chi connectivity index (χ2v) is 2.90. The number of imidazole rings is 1. The molecule has 0 saturated carbocycles. The van der Waals surface area contributed by atoms with Crippen LogP contribution in [0.5, 0.6) is 0 Å². The van der Waals surface area contributed by atoms with Crippen LogP contribution in [0.15, 0.2) is 24.5 Å². The van der Waals surface area contributed by atoms with Crippen LogP contribution < -0.4 is 5.73 Å². The third-order valence-corrected chi connectivity index (χ3v) is 1.97. The molecule has 13 heavy (non-hydrogen) atoms. The Bertz CT molecular complexity index is 422. The number of fused-ring (bicyclic) bond motifs is 1. The molecule has 0 atom stereocenters. The van der Waals surface area contributed by atoms with E-state index < -0.39 is 0 Å². The van der Waals surface area contributed by atoms with E-state index in [4.69, 9.17) is 10.8 Å². The highest BCUT2D eigenvalue weighted by Gasteiger charge is 2.01. The van der Waals surface area contributed by atoms with Gasteiger partial charge < -0.3 is 15.2 Å². The molecule has 0 spiro atoms. The van der Waals surface area contributed by atoms with E-state index in [-0.39, 0.29) is 6.61 Å². The molecule has 0 radical (unpaired) electrons. The zero-order valence-electron chi connectivity index (χ0n) is 7.14. The molecule has 4 heteroatoms. The van der Waals surface area contributed by atoms with Crippen molar-refractivity contribution in [1.29, 1.82) is 0 Å². The topological polar surface area (TPSA) is 63.5 Å². The van der Waals surface area contributed by atoms with Crippen LogP contribution in [-0.2, 0) is 6.42 Å². The van der Waals surface area contributed by atoms with Gasteiger partial charge in [-0.1, -0.05) is 0 Å². The second-order valence-electron chi connectivity index (χ2n) is 2.90. The number of aliphatic hydroxyl groups is 1. The van der Waals surface area contributed by atoms with Crippen molar-refractivity contribution in [3.8, 4) is 0 Å². The van der Waals surface area contributed by atoms with Gasteiger partial charge in [0.05, 0.1) is 18.3 Å². The maximum Gasteiger partial charge on any atom is 0.115 e. The average molecular weight is 177 g/mol. The number of pyridine rings is 1. The Labute approximate surface area is 75.6 Å². The molecule has 0 aliphatic carbocycles. The largest absolute Gasteiger partial charge is 0.399 e. The molecule has 2 aromatic rings. The highest BCUT2D eigenvalue weighted by atomic mass is 16.3. The maximum absolute atomic E-state index is 8.77. The molecule has 0 bridgehead atoms. The van der Waals surface area contributed by atoms with Gasteiger partial charge in [-0.3, -0.25) is 0 Å². The van der Waals surface area contributed by atoms with Crippen LogP contribution in [-0.4, -0.2) is 21.1 Å². The fraction of sp³-hybridized carbons (Fsp3) is 0.222. The molecule has 0 fully saturated rings. The highest BCUT2D eigenvalue weighted by molar-refractivity contribution is 5.55. The van der Waals surface area contributed by atoms with Crippen molar-refractivity contribution in [3.05, 3.63) is 30.4 Å². The van der Waals surface area contributed by atoms with Crippen LogP contribution in [0.4, 0.5) is 5.69 Å². The van der Waals surface area contributed by atoms with Crippen molar-refractivity contribution in [2.45, 2.75) is 6.42 Å². The van der Waals surface area contributed by atoms with E-state index in [0.29, 0.717) is 6.42 Å². The lowest BCUT2D eigenvalue weighted by atomic mass is 10.3. The third kappa shape index (κ3) is 1.36. The van der Waals surface area contributed by atoms with E-state index in [1.807, 2.05) is 22.7 Å². The fourth-order valence-corrected chi connectivity index (χ4v) is 1.36. The lowest BCUT2D eigenvalue weighted by molar-refractivity contribution is 0.296. The van der Waals surface area contributed by atoms with Crippen molar-refractivity contribution in [1.82, 2.24) is 9.38 Å². The quantitative estimate of drug-likeness (QED) is 0.700. The van der Waals surface area contributed by atoms with Crippen molar-refractivity contribution < 1.29 is 5.11 Å². The second kappa shape index (κ2) is 3.06. The molecule has 2 aromatic heterocycles. The summed E-state index contributed by atoms with van der Waals surface area (Å²) in [6, 6.07) is 3.67. The first-order valence-electron chi connectivity index (χ1n) is 4.13. The Hall–Kier alpha value is -1.55. The Morgan fingerprint density at radius 3 is 3.15 bits per heavy atom. The van der Waals surface area contributed by atoms with Gasteiger partial charge >= 0.3 is 0 Å². The Kier molecular flexibility index (Phi) is 1.90. The number of nitrogens with two attached hydrogens (primary N) is 1. The molecule has 0 saturated heterocycles. The number of rotatable bonds is 2. The van der Waals surface area contributed by atoms with Crippen LogP contribution in [0.1, 0.15) is 5.82 Å². The molecule has 3 N–H and O–H groups in total. The maximum atomic E-state index is 8.77. The summed E-state index contributed by atoms with van der Waals surface area (Å²) in [6.45, 7) is 0.115. The lowest BCUT2D eigenvalue weighted by Crippen LogP contribution is -1.98. The normalized spacial score (nSPS) is 10.8. The van der Waals surface area contributed by atoms with Gasteiger partial charge in [-0.2, -0.15) is 0 Å². The average Bonchev–Trinajstić information content (AvgIpc) is 2.49. The van der Waals surface area contributed by atoms with Crippen LogP contribution in [0.3, 0.4) is 0 Å². The molecule has 2 rings (SSSR count). The Balaban J connectivity index is 2.55. The number of hydrogen-bond acceptors (Lipinski definition) is 3. The first-order valence-corrected chi connectivity index (χ1v) is 4.13. The number of aromatic nitrogens is 2. The molecule has 4 nitrogen and oxygen atoms in total. The van der Waals surface area contributed by atoms with Crippen molar-refractivity contribution in [2.24, 2.45) is 0 Å². The number of anilines is 1. The van der Waals surface area contributed by atoms with Crippen molar-refractivity contribution >= 4 is 11.2 Å². The summed E-state index contributed by atoms with van der Waals surface area (Å²) in [4.78, 5) is 4.17. The first kappa shape index (κ1) is 8.07. The van der Waals surface area contributed by atoms with E-state index in [0.717, 1.165) is 17.0 Å². The molecular formula is C9H11N3O. The predicted octanol–water partition coefficient (Wildman–Crippen LogP) is 0.451. The monoisotopic (exact) mass is 177 g/mol. The summed E-state index contributed by atoms with van der Waals surface area (Å²) in [7, 11) is 0. The van der Waals surface area contributed by atoms with Gasteiger partial charge in [0.2, 0.25) is 0 Å². The minimum Gasteiger partial charge on any atom is -0.399 e. The van der Waals surface area contributed by atoms with Gasteiger partial charge in [-0.15, -0.1) is 0 Å². The zero-order chi connectivity index (χ0) is 9.26. The van der Waals surface area contributed by atoms with Crippen LogP contribution in [0, 0.1) is 0 Å². The minimum atomic E-state index is 0.115. The summed E-state index contributed by atoms with van der Waals surface area (Å²) in [6.07, 6.45) is 4.18. The standard InChI is InChI=1S/C9H11N3O/c10-7-1-3-12-8(5-7)6-11-9(12)2-4-13/h1,3,5-6,13H,2,4,10H2. The van der Waals surface area contributed by atoms with Gasteiger partial charge in [0.15, 0.2) is 0 Å². The summed E-state index contributed by atoms with van der Waals surface area (Å²) in [5, 5.41) is 8.77. The van der Waals surface area contributed by atoms with E-state index in [1.165, 1.54) is 0 Å². The number of nitrogen functional groups attached to an aromatic ring is 1. The van der Waals surface area contributed by atoms with E-state index >= 15 is 0 Å². The molecule has 0 aliphatic rings. The van der Waals surface area contributed by atoms with E-state index in [1.54, 1.807) is 6.20 Å². The Morgan fingerprint density at radius 1 is 1.54 bits per heavy atom. The molecule has 0 amide bonds. The fourth-order valence-electron chi connectivity index (χ4n) is 1.36. The van der Waals surface area contributed by atoms with Gasteiger partial charge in [0.1, 0.15) is 5.82 Å². The molecule has 0 aromatic carbocycles. The van der Waals surface area contributed by atoms with E-state index in [2.05, 4.69) is 4.98 Å². The molecule has 68 valence electrons. The Morgan fingerprint density at radius 2 is 2.38 bits per heavy atom. The molecule has 0 aliphatic heterocycles. The molecule has 0 unspecified atom stereocenters.